The van der Waals surface area contributed by atoms with E-state index in [9.17, 15) is 17.6 Å². The summed E-state index contributed by atoms with van der Waals surface area (Å²) in [5.74, 6) is -3.11. The minimum absolute atomic E-state index is 0.463. The summed E-state index contributed by atoms with van der Waals surface area (Å²) >= 11 is 0. The summed E-state index contributed by atoms with van der Waals surface area (Å²) < 4.78 is 49.0. The van der Waals surface area contributed by atoms with Gasteiger partial charge < -0.3 is 0 Å². The Morgan fingerprint density at radius 3 is 2.38 bits per heavy atom. The molecule has 1 heterocycles. The molecule has 0 aromatic carbocycles. The molecule has 0 saturated carbocycles. The van der Waals surface area contributed by atoms with Crippen LogP contribution in [0, 0.1) is 23.1 Å². The van der Waals surface area contributed by atoms with Gasteiger partial charge in [-0.3, -0.25) is 0 Å². The molecule has 0 amide bonds. The fourth-order valence-corrected chi connectivity index (χ4v) is 0.746. The maximum absolute atomic E-state index is 12.6. The third kappa shape index (κ3) is 1.75. The minimum atomic E-state index is -3.28. The van der Waals surface area contributed by atoms with Crippen LogP contribution in [0.3, 0.4) is 0 Å². The highest BCUT2D eigenvalue weighted by Crippen LogP contribution is 2.24. The number of nitrogens with zero attached hydrogens (tertiary/aromatic N) is 2. The molecule has 0 unspecified atom stereocenters. The van der Waals surface area contributed by atoms with Crippen LogP contribution in [0.5, 0.6) is 0 Å². The maximum Gasteiger partial charge on any atom is 0.271 e. The number of hydrogen-bond donors (Lipinski definition) is 0. The third-order valence-corrected chi connectivity index (χ3v) is 1.29. The van der Waals surface area contributed by atoms with Gasteiger partial charge in [0, 0.05) is 6.07 Å². The van der Waals surface area contributed by atoms with Gasteiger partial charge in [-0.25, -0.2) is 18.2 Å². The second kappa shape index (κ2) is 3.39. The summed E-state index contributed by atoms with van der Waals surface area (Å²) in [5.41, 5.74) is -1.97. The number of alkyl halides is 2. The third-order valence-electron chi connectivity index (χ3n) is 1.29. The molecular weight excluding hydrogens is 188 g/mol. The number of rotatable bonds is 1. The molecule has 0 aliphatic rings. The molecule has 0 fully saturated rings. The summed E-state index contributed by atoms with van der Waals surface area (Å²) in [6.07, 6.45) is -3.28. The molecule has 1 aromatic rings. The molecule has 0 radical (unpaired) electrons. The SMILES string of the molecule is N#Cc1cc(F)c(C(F)F)c(F)n1. The van der Waals surface area contributed by atoms with E-state index in [0.29, 0.717) is 6.07 Å². The van der Waals surface area contributed by atoms with E-state index < -0.39 is 29.4 Å². The van der Waals surface area contributed by atoms with E-state index in [2.05, 4.69) is 4.98 Å². The molecule has 13 heavy (non-hydrogen) atoms. The first-order chi connectivity index (χ1) is 6.06. The highest BCUT2D eigenvalue weighted by atomic mass is 19.3. The average Bonchev–Trinajstić information content (AvgIpc) is 2.02. The first kappa shape index (κ1) is 9.45. The monoisotopic (exact) mass is 190 g/mol. The van der Waals surface area contributed by atoms with E-state index >= 15 is 0 Å². The Morgan fingerprint density at radius 2 is 2.00 bits per heavy atom. The predicted octanol–water partition coefficient (Wildman–Crippen LogP) is 2.17. The molecule has 6 heteroatoms. The Morgan fingerprint density at radius 1 is 1.38 bits per heavy atom. The van der Waals surface area contributed by atoms with Gasteiger partial charge >= 0.3 is 0 Å². The molecule has 68 valence electrons. The zero-order valence-corrected chi connectivity index (χ0v) is 6.06. The zero-order chi connectivity index (χ0) is 10.0. The van der Waals surface area contributed by atoms with Crippen LogP contribution < -0.4 is 0 Å². The van der Waals surface area contributed by atoms with E-state index in [4.69, 9.17) is 5.26 Å². The predicted molar refractivity (Wildman–Crippen MR) is 33.8 cm³/mol. The van der Waals surface area contributed by atoms with Gasteiger partial charge in [0.1, 0.15) is 23.1 Å². The first-order valence-electron chi connectivity index (χ1n) is 3.10. The van der Waals surface area contributed by atoms with Crippen LogP contribution in [0.15, 0.2) is 6.07 Å². The second-order valence-corrected chi connectivity index (χ2v) is 2.11. The van der Waals surface area contributed by atoms with Gasteiger partial charge in [-0.2, -0.15) is 9.65 Å². The smallest absolute Gasteiger partial charge is 0.208 e. The van der Waals surface area contributed by atoms with Crippen molar-refractivity contribution in [3.05, 3.63) is 29.1 Å². The van der Waals surface area contributed by atoms with Crippen molar-refractivity contribution in [2.45, 2.75) is 6.43 Å². The number of pyridine rings is 1. The van der Waals surface area contributed by atoms with Crippen LogP contribution in [-0.4, -0.2) is 4.98 Å². The van der Waals surface area contributed by atoms with E-state index in [1.807, 2.05) is 0 Å². The fraction of sp³-hybridized carbons (Fsp3) is 0.143. The molecular formula is C7H2F4N2. The van der Waals surface area contributed by atoms with Crippen LogP contribution in [0.25, 0.3) is 0 Å². The van der Waals surface area contributed by atoms with Crippen molar-refractivity contribution in [2.75, 3.05) is 0 Å². The quantitative estimate of drug-likeness (QED) is 0.502. The van der Waals surface area contributed by atoms with Gasteiger partial charge in [-0.15, -0.1) is 0 Å². The highest BCUT2D eigenvalue weighted by molar-refractivity contribution is 5.26. The number of hydrogen-bond acceptors (Lipinski definition) is 2. The standard InChI is InChI=1S/C7H2F4N2/c8-4-1-3(2-12)13-7(11)5(4)6(9)10/h1,6H. The van der Waals surface area contributed by atoms with Crippen LogP contribution in [0.4, 0.5) is 17.6 Å². The van der Waals surface area contributed by atoms with Crippen molar-refractivity contribution >= 4 is 0 Å². The van der Waals surface area contributed by atoms with Gasteiger partial charge in [0.2, 0.25) is 5.95 Å². The largest absolute Gasteiger partial charge is 0.271 e. The fourth-order valence-electron chi connectivity index (χ4n) is 0.746. The lowest BCUT2D eigenvalue weighted by Gasteiger charge is -2.01. The molecule has 0 saturated heterocycles. The maximum atomic E-state index is 12.6. The van der Waals surface area contributed by atoms with Gasteiger partial charge in [0.25, 0.3) is 6.43 Å². The lowest BCUT2D eigenvalue weighted by Crippen LogP contribution is -2.01. The summed E-state index contributed by atoms with van der Waals surface area (Å²) in [7, 11) is 0. The minimum Gasteiger partial charge on any atom is -0.208 e. The van der Waals surface area contributed by atoms with Crippen LogP contribution >= 0.6 is 0 Å². The van der Waals surface area contributed by atoms with E-state index in [1.54, 1.807) is 0 Å². The normalized spacial score (nSPS) is 10.2. The Bertz CT molecular complexity index is 346. The van der Waals surface area contributed by atoms with Crippen LogP contribution in [0.2, 0.25) is 0 Å². The van der Waals surface area contributed by atoms with Crippen molar-refractivity contribution in [3.63, 3.8) is 0 Å². The Hall–Kier alpha value is -1.64. The molecule has 0 atom stereocenters. The molecule has 0 spiro atoms. The van der Waals surface area contributed by atoms with Gasteiger partial charge in [0.05, 0.1) is 0 Å². The molecule has 0 bridgehead atoms. The first-order valence-corrected chi connectivity index (χ1v) is 3.10. The molecule has 0 N–H and O–H groups in total. The highest BCUT2D eigenvalue weighted by Gasteiger charge is 2.21. The van der Waals surface area contributed by atoms with Crippen molar-refractivity contribution in [1.82, 2.24) is 4.98 Å². The summed E-state index contributed by atoms with van der Waals surface area (Å²) in [4.78, 5) is 2.83. The lowest BCUT2D eigenvalue weighted by molar-refractivity contribution is 0.139. The molecule has 0 aliphatic carbocycles. The van der Waals surface area contributed by atoms with E-state index in [1.165, 1.54) is 6.07 Å². The van der Waals surface area contributed by atoms with Crippen molar-refractivity contribution in [2.24, 2.45) is 0 Å². The van der Waals surface area contributed by atoms with Crippen molar-refractivity contribution in [1.29, 1.82) is 5.26 Å². The summed E-state index contributed by atoms with van der Waals surface area (Å²) in [5, 5.41) is 8.18. The van der Waals surface area contributed by atoms with Crippen LogP contribution in [0.1, 0.15) is 17.7 Å². The number of halogens is 4. The van der Waals surface area contributed by atoms with Crippen molar-refractivity contribution < 1.29 is 17.6 Å². The summed E-state index contributed by atoms with van der Waals surface area (Å²) in [6, 6.07) is 1.80. The molecule has 0 aliphatic heterocycles. The average molecular weight is 190 g/mol. The zero-order valence-electron chi connectivity index (χ0n) is 6.06. The second-order valence-electron chi connectivity index (χ2n) is 2.11. The summed E-state index contributed by atoms with van der Waals surface area (Å²) in [6.45, 7) is 0. The Labute approximate surface area is 70.4 Å². The van der Waals surface area contributed by atoms with Gasteiger partial charge in [0.15, 0.2) is 0 Å². The van der Waals surface area contributed by atoms with Crippen molar-refractivity contribution in [3.8, 4) is 6.07 Å². The number of nitriles is 1. The van der Waals surface area contributed by atoms with E-state index in [0.717, 1.165) is 0 Å². The van der Waals surface area contributed by atoms with Gasteiger partial charge in [-0.1, -0.05) is 0 Å². The van der Waals surface area contributed by atoms with Crippen LogP contribution in [-0.2, 0) is 0 Å². The Kier molecular flexibility index (Phi) is 2.46. The Balaban J connectivity index is 3.33. The lowest BCUT2D eigenvalue weighted by atomic mass is 10.2. The number of aromatic nitrogens is 1. The van der Waals surface area contributed by atoms with Gasteiger partial charge in [-0.05, 0) is 0 Å². The topological polar surface area (TPSA) is 36.7 Å². The molecule has 2 nitrogen and oxygen atoms in total. The molecule has 1 rings (SSSR count). The van der Waals surface area contributed by atoms with E-state index in [-0.39, 0.29) is 0 Å². The molecule has 1 aromatic heterocycles.